The Kier molecular flexibility index (Phi) is 4.19. The van der Waals surface area contributed by atoms with Gasteiger partial charge in [-0.2, -0.15) is 0 Å². The molecule has 1 heterocycles. The number of aromatic nitrogens is 1. The molecule has 2 nitrogen and oxygen atoms in total. The zero-order chi connectivity index (χ0) is 13.8. The predicted octanol–water partition coefficient (Wildman–Crippen LogP) is 4.99. The third kappa shape index (κ3) is 3.11. The highest BCUT2D eigenvalue weighted by Gasteiger charge is 2.06. The van der Waals surface area contributed by atoms with Gasteiger partial charge < -0.3 is 5.32 Å². The van der Waals surface area contributed by atoms with Crippen LogP contribution in [0.1, 0.15) is 11.4 Å². The first kappa shape index (κ1) is 13.4. The summed E-state index contributed by atoms with van der Waals surface area (Å²) in [5.74, 6) is 0. The van der Waals surface area contributed by atoms with Crippen LogP contribution in [0.5, 0.6) is 0 Å². The number of rotatable bonds is 5. The van der Waals surface area contributed by atoms with Crippen molar-refractivity contribution in [3.05, 3.63) is 58.6 Å². The molecule has 0 atom stereocenters. The van der Waals surface area contributed by atoms with Crippen molar-refractivity contribution in [3.8, 4) is 0 Å². The summed E-state index contributed by atoms with van der Waals surface area (Å²) < 4.78 is 1.10. The van der Waals surface area contributed by atoms with Crippen LogP contribution in [0.25, 0.3) is 10.2 Å². The Hall–Kier alpha value is -1.58. The van der Waals surface area contributed by atoms with Crippen molar-refractivity contribution in [3.63, 3.8) is 0 Å². The first-order chi connectivity index (χ1) is 9.83. The van der Waals surface area contributed by atoms with E-state index in [0.717, 1.165) is 39.6 Å². The van der Waals surface area contributed by atoms with E-state index in [-0.39, 0.29) is 0 Å². The van der Waals surface area contributed by atoms with Gasteiger partial charge in [0, 0.05) is 18.7 Å². The Balaban J connectivity index is 1.56. The third-order valence-electron chi connectivity index (χ3n) is 3.08. The summed E-state index contributed by atoms with van der Waals surface area (Å²) >= 11 is 7.87. The van der Waals surface area contributed by atoms with Crippen LogP contribution in [-0.2, 0) is 6.42 Å². The maximum Gasteiger partial charge on any atom is 0.0939 e. The Bertz CT molecular complexity index is 694. The van der Waals surface area contributed by atoms with Crippen LogP contribution in [-0.4, -0.2) is 11.5 Å². The molecule has 0 saturated carbocycles. The van der Waals surface area contributed by atoms with Crippen molar-refractivity contribution in [2.75, 3.05) is 11.9 Å². The zero-order valence-electron chi connectivity index (χ0n) is 11.0. The van der Waals surface area contributed by atoms with E-state index in [1.807, 2.05) is 36.4 Å². The van der Waals surface area contributed by atoms with Crippen molar-refractivity contribution in [1.82, 2.24) is 4.98 Å². The summed E-state index contributed by atoms with van der Waals surface area (Å²) in [5.41, 5.74) is 2.17. The fourth-order valence-electron chi connectivity index (χ4n) is 2.10. The van der Waals surface area contributed by atoms with Gasteiger partial charge in [0.15, 0.2) is 0 Å². The van der Waals surface area contributed by atoms with Crippen molar-refractivity contribution >= 4 is 38.8 Å². The molecule has 0 saturated heterocycles. The molecular weight excluding hydrogens is 288 g/mol. The van der Waals surface area contributed by atoms with Gasteiger partial charge in [0.25, 0.3) is 0 Å². The molecule has 0 unspecified atom stereocenters. The second-order valence-electron chi connectivity index (χ2n) is 4.59. The van der Waals surface area contributed by atoms with Gasteiger partial charge in [-0.05, 0) is 30.7 Å². The molecule has 0 amide bonds. The fraction of sp³-hybridized carbons (Fsp3) is 0.188. The van der Waals surface area contributed by atoms with Gasteiger partial charge in [-0.15, -0.1) is 11.3 Å². The average Bonchev–Trinajstić information content (AvgIpc) is 2.89. The first-order valence-electron chi connectivity index (χ1n) is 6.66. The van der Waals surface area contributed by atoms with E-state index in [2.05, 4.69) is 22.4 Å². The van der Waals surface area contributed by atoms with Crippen molar-refractivity contribution in [2.24, 2.45) is 0 Å². The molecule has 1 N–H and O–H groups in total. The maximum absolute atomic E-state index is 6.17. The van der Waals surface area contributed by atoms with Gasteiger partial charge >= 0.3 is 0 Å². The monoisotopic (exact) mass is 302 g/mol. The number of benzene rings is 2. The van der Waals surface area contributed by atoms with Crippen molar-refractivity contribution in [2.45, 2.75) is 12.8 Å². The Morgan fingerprint density at radius 1 is 1.05 bits per heavy atom. The summed E-state index contributed by atoms with van der Waals surface area (Å²) in [6.07, 6.45) is 2.04. The van der Waals surface area contributed by atoms with E-state index < -0.39 is 0 Å². The quantitative estimate of drug-likeness (QED) is 0.671. The van der Waals surface area contributed by atoms with Gasteiger partial charge in [0.2, 0.25) is 0 Å². The molecule has 2 aromatic carbocycles. The van der Waals surface area contributed by atoms with Gasteiger partial charge in [0.05, 0.1) is 20.2 Å². The number of anilines is 1. The van der Waals surface area contributed by atoms with Crippen LogP contribution in [0.4, 0.5) is 5.69 Å². The molecular formula is C16H15ClN2S. The molecule has 3 rings (SSSR count). The molecule has 0 spiro atoms. The number of halogens is 1. The maximum atomic E-state index is 6.17. The van der Waals surface area contributed by atoms with Crippen LogP contribution in [0.15, 0.2) is 48.5 Å². The largest absolute Gasteiger partial charge is 0.385 e. The number of thiazole rings is 1. The van der Waals surface area contributed by atoms with Crippen LogP contribution >= 0.6 is 22.9 Å². The lowest BCUT2D eigenvalue weighted by atomic mass is 10.3. The number of hydrogen-bond donors (Lipinski definition) is 1. The van der Waals surface area contributed by atoms with Crippen molar-refractivity contribution < 1.29 is 0 Å². The smallest absolute Gasteiger partial charge is 0.0939 e. The van der Waals surface area contributed by atoms with E-state index in [9.17, 15) is 0 Å². The standard InChI is InChI=1S/C16H15ClN2S/c17-13-8-4-9-14-16(13)20-15(19-14)10-5-11-18-12-6-2-1-3-7-12/h1-4,6-9,18H,5,10-11H2. The number of hydrogen-bond acceptors (Lipinski definition) is 3. The second kappa shape index (κ2) is 6.25. The Morgan fingerprint density at radius 3 is 2.70 bits per heavy atom. The topological polar surface area (TPSA) is 24.9 Å². The number of fused-ring (bicyclic) bond motifs is 1. The lowest BCUT2D eigenvalue weighted by Crippen LogP contribution is -2.02. The van der Waals surface area contributed by atoms with Crippen LogP contribution in [0.2, 0.25) is 5.02 Å². The van der Waals surface area contributed by atoms with E-state index in [1.165, 1.54) is 5.69 Å². The minimum Gasteiger partial charge on any atom is -0.385 e. The van der Waals surface area contributed by atoms with Crippen molar-refractivity contribution in [1.29, 1.82) is 0 Å². The van der Waals surface area contributed by atoms with Crippen LogP contribution in [0, 0.1) is 0 Å². The van der Waals surface area contributed by atoms with Gasteiger partial charge in [0.1, 0.15) is 0 Å². The summed E-state index contributed by atoms with van der Waals surface area (Å²) in [5, 5.41) is 5.37. The highest BCUT2D eigenvalue weighted by molar-refractivity contribution is 7.19. The zero-order valence-corrected chi connectivity index (χ0v) is 12.5. The predicted molar refractivity (Wildman–Crippen MR) is 87.9 cm³/mol. The lowest BCUT2D eigenvalue weighted by Gasteiger charge is -2.04. The SMILES string of the molecule is Clc1cccc2nc(CCCNc3ccccc3)sc12. The number of nitrogens with zero attached hydrogens (tertiary/aromatic N) is 1. The minimum absolute atomic E-state index is 0.800. The minimum atomic E-state index is 0.800. The third-order valence-corrected chi connectivity index (χ3v) is 4.67. The summed E-state index contributed by atoms with van der Waals surface area (Å²) in [4.78, 5) is 4.62. The molecule has 0 fully saturated rings. The van der Waals surface area contributed by atoms with Gasteiger partial charge in [-0.1, -0.05) is 35.9 Å². The molecule has 20 heavy (non-hydrogen) atoms. The summed E-state index contributed by atoms with van der Waals surface area (Å²) in [7, 11) is 0. The summed E-state index contributed by atoms with van der Waals surface area (Å²) in [6.45, 7) is 0.952. The Labute approximate surface area is 127 Å². The lowest BCUT2D eigenvalue weighted by molar-refractivity contribution is 0.857. The van der Waals surface area contributed by atoms with E-state index in [1.54, 1.807) is 11.3 Å². The highest BCUT2D eigenvalue weighted by atomic mass is 35.5. The second-order valence-corrected chi connectivity index (χ2v) is 6.08. The molecule has 1 aromatic heterocycles. The number of aryl methyl sites for hydroxylation is 1. The average molecular weight is 303 g/mol. The normalized spacial score (nSPS) is 10.8. The van der Waals surface area contributed by atoms with Crippen LogP contribution in [0.3, 0.4) is 0 Å². The molecule has 0 radical (unpaired) electrons. The van der Waals surface area contributed by atoms with Gasteiger partial charge in [-0.25, -0.2) is 4.98 Å². The molecule has 3 aromatic rings. The van der Waals surface area contributed by atoms with Crippen LogP contribution < -0.4 is 5.32 Å². The molecule has 0 aliphatic carbocycles. The first-order valence-corrected chi connectivity index (χ1v) is 7.85. The molecule has 0 bridgehead atoms. The number of para-hydroxylation sites is 1. The summed E-state index contributed by atoms with van der Waals surface area (Å²) in [6, 6.07) is 16.2. The van der Waals surface area contributed by atoms with Gasteiger partial charge in [-0.3, -0.25) is 0 Å². The fourth-order valence-corrected chi connectivity index (χ4v) is 3.39. The Morgan fingerprint density at radius 2 is 1.90 bits per heavy atom. The molecule has 4 heteroatoms. The van der Waals surface area contributed by atoms with E-state index in [4.69, 9.17) is 11.6 Å². The number of nitrogens with one attached hydrogen (secondary N) is 1. The highest BCUT2D eigenvalue weighted by Crippen LogP contribution is 2.29. The van der Waals surface area contributed by atoms with E-state index in [0.29, 0.717) is 0 Å². The molecule has 0 aliphatic rings. The van der Waals surface area contributed by atoms with E-state index >= 15 is 0 Å². The molecule has 102 valence electrons. The molecule has 0 aliphatic heterocycles.